The number of ether oxygens (including phenoxy) is 1. The van der Waals surface area contributed by atoms with Gasteiger partial charge in [-0.3, -0.25) is 0 Å². The van der Waals surface area contributed by atoms with Crippen molar-refractivity contribution in [1.29, 1.82) is 5.26 Å². The summed E-state index contributed by atoms with van der Waals surface area (Å²) in [6.07, 6.45) is 0.571. The first-order chi connectivity index (χ1) is 10.9. The molecule has 0 amide bonds. The van der Waals surface area contributed by atoms with Crippen molar-refractivity contribution in [2.45, 2.75) is 38.5 Å². The molecule has 0 N–H and O–H groups in total. The zero-order valence-electron chi connectivity index (χ0n) is 13.8. The first kappa shape index (κ1) is 17.0. The Kier molecular flexibility index (Phi) is 5.39. The van der Waals surface area contributed by atoms with Gasteiger partial charge in [0.25, 0.3) is 0 Å². The smallest absolute Gasteiger partial charge is 0.126 e. The summed E-state index contributed by atoms with van der Waals surface area (Å²) < 4.78 is 18.6. The number of nitriles is 1. The molecule has 2 aromatic carbocycles. The number of halogens is 1. The molecule has 3 heteroatoms. The van der Waals surface area contributed by atoms with Crippen LogP contribution in [0.15, 0.2) is 48.5 Å². The number of hydrogen-bond acceptors (Lipinski definition) is 2. The van der Waals surface area contributed by atoms with Crippen LogP contribution in [0.25, 0.3) is 0 Å². The summed E-state index contributed by atoms with van der Waals surface area (Å²) in [5, 5.41) is 9.38. The second kappa shape index (κ2) is 7.28. The molecule has 2 rings (SSSR count). The number of benzene rings is 2. The SMILES string of the molecule is CC(C)(C)c1ccc(C(C#N)CCOc2cccc(F)c2)cc1. The van der Waals surface area contributed by atoms with E-state index in [2.05, 4.69) is 39.0 Å². The van der Waals surface area contributed by atoms with Gasteiger partial charge >= 0.3 is 0 Å². The van der Waals surface area contributed by atoms with Crippen molar-refractivity contribution in [2.75, 3.05) is 6.61 Å². The Morgan fingerprint density at radius 2 is 1.83 bits per heavy atom. The van der Waals surface area contributed by atoms with Gasteiger partial charge in [0.15, 0.2) is 0 Å². The van der Waals surface area contributed by atoms with Crippen molar-refractivity contribution >= 4 is 0 Å². The Labute approximate surface area is 137 Å². The van der Waals surface area contributed by atoms with Crippen LogP contribution < -0.4 is 4.74 Å². The van der Waals surface area contributed by atoms with Crippen molar-refractivity contribution in [3.63, 3.8) is 0 Å². The van der Waals surface area contributed by atoms with Crippen LogP contribution in [-0.2, 0) is 5.41 Å². The van der Waals surface area contributed by atoms with Gasteiger partial charge in [0, 0.05) is 12.5 Å². The largest absolute Gasteiger partial charge is 0.493 e. The molecule has 0 fully saturated rings. The predicted octanol–water partition coefficient (Wildman–Crippen LogP) is 5.20. The summed E-state index contributed by atoms with van der Waals surface area (Å²) >= 11 is 0. The van der Waals surface area contributed by atoms with Crippen LogP contribution in [0.5, 0.6) is 5.75 Å². The molecule has 0 bridgehead atoms. The maximum Gasteiger partial charge on any atom is 0.126 e. The minimum Gasteiger partial charge on any atom is -0.493 e. The van der Waals surface area contributed by atoms with Gasteiger partial charge in [-0.15, -0.1) is 0 Å². The van der Waals surface area contributed by atoms with E-state index in [9.17, 15) is 9.65 Å². The molecular formula is C20H22FNO. The van der Waals surface area contributed by atoms with Gasteiger partial charge in [0.1, 0.15) is 11.6 Å². The maximum absolute atomic E-state index is 13.1. The second-order valence-electron chi connectivity index (χ2n) is 6.65. The molecule has 0 heterocycles. The minimum absolute atomic E-state index is 0.0984. The fourth-order valence-electron chi connectivity index (χ4n) is 2.37. The van der Waals surface area contributed by atoms with Gasteiger partial charge in [-0.2, -0.15) is 5.26 Å². The van der Waals surface area contributed by atoms with Crippen LogP contribution in [0.3, 0.4) is 0 Å². The monoisotopic (exact) mass is 311 g/mol. The van der Waals surface area contributed by atoms with E-state index in [-0.39, 0.29) is 17.2 Å². The summed E-state index contributed by atoms with van der Waals surface area (Å²) in [6, 6.07) is 16.5. The fourth-order valence-corrected chi connectivity index (χ4v) is 2.37. The Hall–Kier alpha value is -2.34. The van der Waals surface area contributed by atoms with Gasteiger partial charge in [0.05, 0.1) is 18.6 Å². The predicted molar refractivity (Wildman–Crippen MR) is 90.0 cm³/mol. The lowest BCUT2D eigenvalue weighted by Crippen LogP contribution is -2.11. The first-order valence-corrected chi connectivity index (χ1v) is 7.78. The summed E-state index contributed by atoms with van der Waals surface area (Å²) in [6.45, 7) is 6.87. The lowest BCUT2D eigenvalue weighted by atomic mass is 9.85. The molecule has 2 nitrogen and oxygen atoms in total. The zero-order chi connectivity index (χ0) is 16.9. The summed E-state index contributed by atoms with van der Waals surface area (Å²) in [7, 11) is 0. The standard InChI is InChI=1S/C20H22FNO/c1-20(2,3)17-9-7-15(8-10-17)16(14-22)11-12-23-19-6-4-5-18(21)13-19/h4-10,13,16H,11-12H2,1-3H3. The molecule has 23 heavy (non-hydrogen) atoms. The van der Waals surface area contributed by atoms with E-state index >= 15 is 0 Å². The summed E-state index contributed by atoms with van der Waals surface area (Å²) in [5.74, 6) is -0.0561. The van der Waals surface area contributed by atoms with E-state index in [1.54, 1.807) is 12.1 Å². The van der Waals surface area contributed by atoms with Crippen LogP contribution in [0, 0.1) is 17.1 Å². The van der Waals surface area contributed by atoms with Crippen LogP contribution >= 0.6 is 0 Å². The zero-order valence-corrected chi connectivity index (χ0v) is 13.8. The molecule has 0 aromatic heterocycles. The third-order valence-electron chi connectivity index (χ3n) is 3.81. The van der Waals surface area contributed by atoms with E-state index < -0.39 is 0 Å². The Bertz CT molecular complexity index is 680. The summed E-state index contributed by atoms with van der Waals surface area (Å²) in [5.41, 5.74) is 2.33. The highest BCUT2D eigenvalue weighted by Crippen LogP contribution is 2.26. The molecule has 1 atom stereocenters. The van der Waals surface area contributed by atoms with Gasteiger partial charge in [0.2, 0.25) is 0 Å². The molecular weight excluding hydrogens is 289 g/mol. The molecule has 120 valence electrons. The highest BCUT2D eigenvalue weighted by atomic mass is 19.1. The van der Waals surface area contributed by atoms with Crippen LogP contribution in [-0.4, -0.2) is 6.61 Å². The average Bonchev–Trinajstić information content (AvgIpc) is 2.51. The molecule has 0 aliphatic carbocycles. The maximum atomic E-state index is 13.1. The fraction of sp³-hybridized carbons (Fsp3) is 0.350. The van der Waals surface area contributed by atoms with E-state index in [0.717, 1.165) is 5.56 Å². The third-order valence-corrected chi connectivity index (χ3v) is 3.81. The van der Waals surface area contributed by atoms with Gasteiger partial charge in [-0.25, -0.2) is 4.39 Å². The van der Waals surface area contributed by atoms with E-state index in [4.69, 9.17) is 4.74 Å². The average molecular weight is 311 g/mol. The van der Waals surface area contributed by atoms with Gasteiger partial charge in [-0.1, -0.05) is 51.1 Å². The molecule has 2 aromatic rings. The summed E-state index contributed by atoms with van der Waals surface area (Å²) in [4.78, 5) is 0. The Balaban J connectivity index is 1.96. The minimum atomic E-state index is -0.322. The quantitative estimate of drug-likeness (QED) is 0.760. The topological polar surface area (TPSA) is 33.0 Å². The molecule has 0 aliphatic rings. The molecule has 0 radical (unpaired) electrons. The molecule has 0 saturated heterocycles. The van der Waals surface area contributed by atoms with Crippen LogP contribution in [0.4, 0.5) is 4.39 Å². The van der Waals surface area contributed by atoms with Crippen molar-refractivity contribution in [2.24, 2.45) is 0 Å². The van der Waals surface area contributed by atoms with Gasteiger partial charge < -0.3 is 4.74 Å². The van der Waals surface area contributed by atoms with Crippen molar-refractivity contribution < 1.29 is 9.13 Å². The lowest BCUT2D eigenvalue weighted by Gasteiger charge is -2.20. The molecule has 0 aliphatic heterocycles. The lowest BCUT2D eigenvalue weighted by molar-refractivity contribution is 0.304. The first-order valence-electron chi connectivity index (χ1n) is 7.78. The highest BCUT2D eigenvalue weighted by Gasteiger charge is 2.15. The van der Waals surface area contributed by atoms with E-state index in [1.807, 2.05) is 12.1 Å². The number of hydrogen-bond donors (Lipinski definition) is 0. The molecule has 0 saturated carbocycles. The molecule has 1 unspecified atom stereocenters. The Morgan fingerprint density at radius 1 is 1.13 bits per heavy atom. The van der Waals surface area contributed by atoms with Gasteiger partial charge in [-0.05, 0) is 28.7 Å². The van der Waals surface area contributed by atoms with Crippen molar-refractivity contribution in [3.8, 4) is 11.8 Å². The van der Waals surface area contributed by atoms with Crippen LogP contribution in [0.2, 0.25) is 0 Å². The normalized spacial score (nSPS) is 12.5. The van der Waals surface area contributed by atoms with E-state index in [0.29, 0.717) is 18.8 Å². The molecule has 0 spiro atoms. The van der Waals surface area contributed by atoms with Crippen LogP contribution in [0.1, 0.15) is 44.2 Å². The van der Waals surface area contributed by atoms with Crippen molar-refractivity contribution in [1.82, 2.24) is 0 Å². The number of rotatable bonds is 5. The Morgan fingerprint density at radius 3 is 2.39 bits per heavy atom. The van der Waals surface area contributed by atoms with E-state index in [1.165, 1.54) is 17.7 Å². The highest BCUT2D eigenvalue weighted by molar-refractivity contribution is 5.32. The third kappa shape index (κ3) is 4.82. The number of nitrogens with zero attached hydrogens (tertiary/aromatic N) is 1. The second-order valence-corrected chi connectivity index (χ2v) is 6.65. The van der Waals surface area contributed by atoms with Crippen molar-refractivity contribution in [3.05, 3.63) is 65.5 Å².